The third-order valence-corrected chi connectivity index (χ3v) is 5.73. The highest BCUT2D eigenvalue weighted by Crippen LogP contribution is 2.37. The zero-order valence-corrected chi connectivity index (χ0v) is 17.6. The van der Waals surface area contributed by atoms with Gasteiger partial charge in [0.2, 0.25) is 0 Å². The lowest BCUT2D eigenvalue weighted by molar-refractivity contribution is -0.119. The van der Waals surface area contributed by atoms with Gasteiger partial charge in [-0.3, -0.25) is 4.79 Å². The third-order valence-electron chi connectivity index (χ3n) is 5.45. The van der Waals surface area contributed by atoms with Gasteiger partial charge in [-0.25, -0.2) is 0 Å². The number of ether oxygens (including phenoxy) is 2. The maximum atomic E-state index is 10.9. The Morgan fingerprint density at radius 2 is 2.19 bits per heavy atom. The molecule has 27 heavy (non-hydrogen) atoms. The number of hydrogen-bond donors (Lipinski definition) is 2. The van der Waals surface area contributed by atoms with Crippen LogP contribution in [0, 0.1) is 5.92 Å². The van der Waals surface area contributed by atoms with Gasteiger partial charge in [-0.15, -0.1) is 0 Å². The number of nitrogens with two attached hydrogens (primary N) is 1. The number of methoxy groups -OCH3 is 1. The monoisotopic (exact) mass is 397 g/mol. The van der Waals surface area contributed by atoms with E-state index < -0.39 is 5.91 Å². The summed E-state index contributed by atoms with van der Waals surface area (Å²) >= 11 is 6.33. The van der Waals surface area contributed by atoms with Crippen molar-refractivity contribution >= 4 is 17.5 Å². The van der Waals surface area contributed by atoms with Crippen LogP contribution in [0.5, 0.6) is 11.5 Å². The molecule has 7 heteroatoms. The first-order valence-corrected chi connectivity index (χ1v) is 9.81. The van der Waals surface area contributed by atoms with Gasteiger partial charge in [-0.05, 0) is 50.6 Å². The molecule has 3 N–H and O–H groups in total. The molecule has 1 aliphatic carbocycles. The predicted octanol–water partition coefficient (Wildman–Crippen LogP) is 2.81. The summed E-state index contributed by atoms with van der Waals surface area (Å²) < 4.78 is 10.7. The lowest BCUT2D eigenvalue weighted by Gasteiger charge is -2.45. The van der Waals surface area contributed by atoms with E-state index in [1.165, 1.54) is 25.7 Å². The van der Waals surface area contributed by atoms with E-state index in [4.69, 9.17) is 26.8 Å². The number of benzene rings is 1. The smallest absolute Gasteiger partial charge is 0.255 e. The minimum atomic E-state index is -0.561. The average Bonchev–Trinajstić information content (AvgIpc) is 2.60. The van der Waals surface area contributed by atoms with Crippen molar-refractivity contribution in [3.8, 4) is 11.5 Å². The number of amides is 1. The maximum absolute atomic E-state index is 10.9. The van der Waals surface area contributed by atoms with E-state index >= 15 is 0 Å². The molecule has 1 aliphatic rings. The number of primary amides is 1. The van der Waals surface area contributed by atoms with Crippen molar-refractivity contribution in [2.45, 2.75) is 44.7 Å². The SMILES string of the molecule is COc1cc(CNCC2(N(C)C)CCCC(C)C2)cc(Cl)c1OCC(N)=O. The highest BCUT2D eigenvalue weighted by Gasteiger charge is 2.36. The molecule has 2 atom stereocenters. The molecule has 0 heterocycles. The number of nitrogens with one attached hydrogen (secondary N) is 1. The van der Waals surface area contributed by atoms with Crippen molar-refractivity contribution < 1.29 is 14.3 Å². The van der Waals surface area contributed by atoms with Crippen LogP contribution < -0.4 is 20.5 Å². The molecular formula is C20H32ClN3O3. The topological polar surface area (TPSA) is 76.8 Å². The van der Waals surface area contributed by atoms with Gasteiger partial charge in [0, 0.05) is 18.6 Å². The van der Waals surface area contributed by atoms with Crippen LogP contribution in [0.3, 0.4) is 0 Å². The molecule has 1 saturated carbocycles. The first-order chi connectivity index (χ1) is 12.8. The Kier molecular flexibility index (Phi) is 7.77. The Hall–Kier alpha value is -1.50. The highest BCUT2D eigenvalue weighted by atomic mass is 35.5. The third kappa shape index (κ3) is 5.74. The minimum Gasteiger partial charge on any atom is -0.493 e. The highest BCUT2D eigenvalue weighted by molar-refractivity contribution is 6.32. The molecule has 152 valence electrons. The quantitative estimate of drug-likeness (QED) is 0.670. The fourth-order valence-corrected chi connectivity index (χ4v) is 4.24. The Balaban J connectivity index is 2.04. The number of carbonyl (C=O) groups excluding carboxylic acids is 1. The van der Waals surface area contributed by atoms with E-state index in [1.807, 2.05) is 12.1 Å². The van der Waals surface area contributed by atoms with Crippen LogP contribution in [0.1, 0.15) is 38.2 Å². The van der Waals surface area contributed by atoms with Gasteiger partial charge >= 0.3 is 0 Å². The molecule has 1 aromatic carbocycles. The van der Waals surface area contributed by atoms with Crippen LogP contribution in [0.4, 0.5) is 0 Å². The van der Waals surface area contributed by atoms with Crippen LogP contribution >= 0.6 is 11.6 Å². The fraction of sp³-hybridized carbons (Fsp3) is 0.650. The van der Waals surface area contributed by atoms with Crippen molar-refractivity contribution in [3.63, 3.8) is 0 Å². The Bertz CT molecular complexity index is 654. The van der Waals surface area contributed by atoms with Crippen molar-refractivity contribution in [1.29, 1.82) is 0 Å². The van der Waals surface area contributed by atoms with Gasteiger partial charge < -0.3 is 25.4 Å². The first kappa shape index (κ1) is 21.8. The molecule has 2 unspecified atom stereocenters. The van der Waals surface area contributed by atoms with Crippen LogP contribution in [-0.2, 0) is 11.3 Å². The molecule has 0 bridgehead atoms. The van der Waals surface area contributed by atoms with Gasteiger partial charge in [0.05, 0.1) is 12.1 Å². The normalized spacial score (nSPS) is 22.7. The number of likely N-dealkylation sites (N-methyl/N-ethyl adjacent to an activating group) is 1. The molecule has 0 saturated heterocycles. The molecule has 1 aromatic rings. The van der Waals surface area contributed by atoms with E-state index in [1.54, 1.807) is 7.11 Å². The van der Waals surface area contributed by atoms with Gasteiger partial charge in [-0.1, -0.05) is 31.4 Å². The van der Waals surface area contributed by atoms with E-state index in [9.17, 15) is 4.79 Å². The number of halogens is 1. The largest absolute Gasteiger partial charge is 0.493 e. The molecule has 2 rings (SSSR count). The summed E-state index contributed by atoms with van der Waals surface area (Å²) in [6.45, 7) is 3.70. The molecule has 0 aromatic heterocycles. The fourth-order valence-electron chi connectivity index (χ4n) is 3.96. The van der Waals surface area contributed by atoms with Crippen LogP contribution in [-0.4, -0.2) is 50.7 Å². The second-order valence-corrected chi connectivity index (χ2v) is 8.20. The Morgan fingerprint density at radius 3 is 2.78 bits per heavy atom. The number of carbonyl (C=O) groups is 1. The molecule has 6 nitrogen and oxygen atoms in total. The minimum absolute atomic E-state index is 0.191. The number of hydrogen-bond acceptors (Lipinski definition) is 5. The van der Waals surface area contributed by atoms with Gasteiger partial charge in [0.15, 0.2) is 18.1 Å². The zero-order chi connectivity index (χ0) is 20.0. The van der Waals surface area contributed by atoms with Crippen molar-refractivity contribution in [3.05, 3.63) is 22.7 Å². The summed E-state index contributed by atoms with van der Waals surface area (Å²) in [5.41, 5.74) is 6.32. The number of nitrogens with zero attached hydrogens (tertiary/aromatic N) is 1. The summed E-state index contributed by atoms with van der Waals surface area (Å²) in [5.74, 6) is 1.02. The van der Waals surface area contributed by atoms with Crippen LogP contribution in [0.15, 0.2) is 12.1 Å². The molecule has 1 fully saturated rings. The van der Waals surface area contributed by atoms with Crippen LogP contribution in [0.2, 0.25) is 5.02 Å². The molecule has 0 aliphatic heterocycles. The molecule has 0 spiro atoms. The average molecular weight is 398 g/mol. The second kappa shape index (κ2) is 9.62. The summed E-state index contributed by atoms with van der Waals surface area (Å²) in [7, 11) is 5.89. The molecule has 1 amide bonds. The maximum Gasteiger partial charge on any atom is 0.255 e. The molecular weight excluding hydrogens is 366 g/mol. The predicted molar refractivity (Wildman–Crippen MR) is 108 cm³/mol. The lowest BCUT2D eigenvalue weighted by atomic mass is 9.75. The second-order valence-electron chi connectivity index (χ2n) is 7.79. The van der Waals surface area contributed by atoms with Gasteiger partial charge in [0.25, 0.3) is 5.91 Å². The van der Waals surface area contributed by atoms with E-state index in [0.29, 0.717) is 23.1 Å². The summed E-state index contributed by atoms with van der Waals surface area (Å²) in [6, 6.07) is 3.71. The summed E-state index contributed by atoms with van der Waals surface area (Å²) in [5, 5.41) is 4.00. The zero-order valence-electron chi connectivity index (χ0n) is 16.8. The van der Waals surface area contributed by atoms with Gasteiger partial charge in [0.1, 0.15) is 0 Å². The Labute approximate surface area is 167 Å². The van der Waals surface area contributed by atoms with Crippen molar-refractivity contribution in [2.75, 3.05) is 34.4 Å². The standard InChI is InChI=1S/C20H32ClN3O3/c1-14-6-5-7-20(10-14,24(2)3)13-23-11-15-8-16(21)19(17(9-15)26-4)27-12-18(22)25/h8-9,14,23H,5-7,10-13H2,1-4H3,(H2,22,25). The Morgan fingerprint density at radius 1 is 1.44 bits per heavy atom. The summed E-state index contributed by atoms with van der Waals surface area (Å²) in [4.78, 5) is 13.3. The van der Waals surface area contributed by atoms with Crippen molar-refractivity contribution in [2.24, 2.45) is 11.7 Å². The van der Waals surface area contributed by atoms with E-state index in [0.717, 1.165) is 18.0 Å². The molecule has 0 radical (unpaired) electrons. The first-order valence-electron chi connectivity index (χ1n) is 9.43. The number of rotatable bonds is 9. The van der Waals surface area contributed by atoms with Gasteiger partial charge in [-0.2, -0.15) is 0 Å². The van der Waals surface area contributed by atoms with Crippen molar-refractivity contribution in [1.82, 2.24) is 10.2 Å². The van der Waals surface area contributed by atoms with Crippen LogP contribution in [0.25, 0.3) is 0 Å². The van der Waals surface area contributed by atoms with E-state index in [2.05, 4.69) is 31.2 Å². The summed E-state index contributed by atoms with van der Waals surface area (Å²) in [6.07, 6.45) is 5.00. The lowest BCUT2D eigenvalue weighted by Crippen LogP contribution is -2.54. The van der Waals surface area contributed by atoms with E-state index in [-0.39, 0.29) is 12.1 Å².